The number of thiophene rings is 1. The molecule has 0 saturated carbocycles. The summed E-state index contributed by atoms with van der Waals surface area (Å²) in [6.07, 6.45) is 6.54. The van der Waals surface area contributed by atoms with Crippen LogP contribution in [0.5, 0.6) is 0 Å². The number of rotatable bonds is 2. The maximum atomic E-state index is 9.93. The van der Waals surface area contributed by atoms with Gasteiger partial charge in [-0.05, 0) is 37.7 Å². The number of nitrogens with zero attached hydrogens (tertiary/aromatic N) is 3. The molecule has 1 aliphatic carbocycles. The third-order valence-corrected chi connectivity index (χ3v) is 5.81. The van der Waals surface area contributed by atoms with Gasteiger partial charge in [0.25, 0.3) is 0 Å². The highest BCUT2D eigenvalue weighted by atomic mass is 32.1. The molecule has 1 fully saturated rings. The fraction of sp³-hybridized carbons (Fsp3) is 0.600. The Morgan fingerprint density at radius 1 is 1.29 bits per heavy atom. The summed E-state index contributed by atoms with van der Waals surface area (Å²) in [6, 6.07) is -0.0442. The largest absolute Gasteiger partial charge is 0.394 e. The summed E-state index contributed by atoms with van der Waals surface area (Å²) >= 11 is 1.78. The van der Waals surface area contributed by atoms with Gasteiger partial charge in [-0.25, -0.2) is 9.97 Å². The second kappa shape index (κ2) is 5.19. The Kier molecular flexibility index (Phi) is 3.32. The summed E-state index contributed by atoms with van der Waals surface area (Å²) in [5, 5.41) is 20.7. The van der Waals surface area contributed by atoms with Gasteiger partial charge in [-0.15, -0.1) is 11.3 Å². The van der Waals surface area contributed by atoms with Crippen molar-refractivity contribution in [3.8, 4) is 0 Å². The van der Waals surface area contributed by atoms with E-state index in [1.807, 2.05) is 0 Å². The molecule has 5 nitrogen and oxygen atoms in total. The van der Waals surface area contributed by atoms with Crippen LogP contribution >= 0.6 is 11.3 Å². The van der Waals surface area contributed by atoms with Crippen LogP contribution in [0.1, 0.15) is 29.7 Å². The highest BCUT2D eigenvalue weighted by molar-refractivity contribution is 7.19. The van der Waals surface area contributed by atoms with Gasteiger partial charge in [-0.3, -0.25) is 0 Å². The van der Waals surface area contributed by atoms with Crippen LogP contribution in [-0.2, 0) is 12.8 Å². The van der Waals surface area contributed by atoms with E-state index in [-0.39, 0.29) is 18.8 Å². The normalized spacial score (nSPS) is 25.5. The first-order chi connectivity index (χ1) is 10.3. The van der Waals surface area contributed by atoms with E-state index in [9.17, 15) is 10.2 Å². The number of aryl methyl sites for hydroxylation is 2. The van der Waals surface area contributed by atoms with E-state index in [1.54, 1.807) is 17.7 Å². The average molecular weight is 305 g/mol. The van der Waals surface area contributed by atoms with Crippen LogP contribution in [0, 0.1) is 0 Å². The molecule has 1 saturated heterocycles. The predicted octanol–water partition coefficient (Wildman–Crippen LogP) is 1.50. The first kappa shape index (κ1) is 13.4. The smallest absolute Gasteiger partial charge is 0.141 e. The number of fused-ring (bicyclic) bond motifs is 3. The lowest BCUT2D eigenvalue weighted by Gasteiger charge is -2.25. The van der Waals surface area contributed by atoms with Crippen molar-refractivity contribution in [3.63, 3.8) is 0 Å². The van der Waals surface area contributed by atoms with Crippen LogP contribution in [0.4, 0.5) is 5.82 Å². The molecule has 3 heterocycles. The number of anilines is 1. The highest BCUT2D eigenvalue weighted by Gasteiger charge is 2.33. The molecule has 21 heavy (non-hydrogen) atoms. The van der Waals surface area contributed by atoms with Crippen LogP contribution in [0.15, 0.2) is 6.33 Å². The molecule has 2 aromatic rings. The minimum Gasteiger partial charge on any atom is -0.394 e. The van der Waals surface area contributed by atoms with Gasteiger partial charge in [0.2, 0.25) is 0 Å². The van der Waals surface area contributed by atoms with Gasteiger partial charge in [0, 0.05) is 11.4 Å². The number of hydrogen-bond acceptors (Lipinski definition) is 6. The molecule has 0 spiro atoms. The van der Waals surface area contributed by atoms with Crippen molar-refractivity contribution in [1.29, 1.82) is 0 Å². The molecule has 2 N–H and O–H groups in total. The van der Waals surface area contributed by atoms with E-state index < -0.39 is 0 Å². The summed E-state index contributed by atoms with van der Waals surface area (Å²) < 4.78 is 0. The lowest BCUT2D eigenvalue weighted by molar-refractivity contribution is 0.184. The Morgan fingerprint density at radius 2 is 2.14 bits per heavy atom. The average Bonchev–Trinajstić information content (AvgIpc) is 3.07. The first-order valence-electron chi connectivity index (χ1n) is 7.58. The van der Waals surface area contributed by atoms with Crippen LogP contribution in [0.3, 0.4) is 0 Å². The minimum atomic E-state index is -0.387. The third-order valence-electron chi connectivity index (χ3n) is 4.61. The molecule has 2 atom stereocenters. The van der Waals surface area contributed by atoms with Crippen molar-refractivity contribution in [1.82, 2.24) is 9.97 Å². The van der Waals surface area contributed by atoms with Gasteiger partial charge in [-0.1, -0.05) is 0 Å². The molecule has 2 aromatic heterocycles. The molecule has 0 aromatic carbocycles. The fourth-order valence-electron chi connectivity index (χ4n) is 3.62. The van der Waals surface area contributed by atoms with E-state index in [2.05, 4.69) is 14.9 Å². The van der Waals surface area contributed by atoms with Crippen molar-refractivity contribution in [3.05, 3.63) is 16.8 Å². The van der Waals surface area contributed by atoms with Crippen LogP contribution in [-0.4, -0.2) is 45.5 Å². The number of hydrogen-bond donors (Lipinski definition) is 2. The molecule has 1 aliphatic heterocycles. The lowest BCUT2D eigenvalue weighted by atomic mass is 9.97. The van der Waals surface area contributed by atoms with Gasteiger partial charge in [0.15, 0.2) is 0 Å². The van der Waals surface area contributed by atoms with Gasteiger partial charge in [0.1, 0.15) is 17.0 Å². The Hall–Kier alpha value is -1.24. The zero-order valence-corrected chi connectivity index (χ0v) is 12.6. The molecule has 4 rings (SSSR count). The number of aliphatic hydroxyl groups is 2. The topological polar surface area (TPSA) is 69.5 Å². The van der Waals surface area contributed by atoms with Gasteiger partial charge < -0.3 is 15.1 Å². The first-order valence-corrected chi connectivity index (χ1v) is 8.40. The maximum Gasteiger partial charge on any atom is 0.141 e. The summed E-state index contributed by atoms with van der Waals surface area (Å²) in [6.45, 7) is 0.594. The van der Waals surface area contributed by atoms with Crippen molar-refractivity contribution >= 4 is 27.4 Å². The highest BCUT2D eigenvalue weighted by Crippen LogP contribution is 2.40. The molecule has 2 aliphatic rings. The Labute approximate surface area is 127 Å². The summed E-state index contributed by atoms with van der Waals surface area (Å²) in [4.78, 5) is 13.5. The van der Waals surface area contributed by atoms with E-state index in [0.717, 1.165) is 28.9 Å². The molecule has 112 valence electrons. The number of aromatic nitrogens is 2. The summed E-state index contributed by atoms with van der Waals surface area (Å²) in [5.41, 5.74) is 1.40. The predicted molar refractivity (Wildman–Crippen MR) is 82.9 cm³/mol. The van der Waals surface area contributed by atoms with E-state index in [0.29, 0.717) is 13.0 Å². The van der Waals surface area contributed by atoms with Crippen molar-refractivity contribution in [2.24, 2.45) is 0 Å². The van der Waals surface area contributed by atoms with Crippen molar-refractivity contribution in [2.75, 3.05) is 18.1 Å². The Bertz CT molecular complexity index is 672. The molecule has 0 amide bonds. The summed E-state index contributed by atoms with van der Waals surface area (Å²) in [5.74, 6) is 0.898. The fourth-order valence-corrected chi connectivity index (χ4v) is 4.84. The van der Waals surface area contributed by atoms with Crippen LogP contribution in [0.2, 0.25) is 0 Å². The maximum absolute atomic E-state index is 9.93. The van der Waals surface area contributed by atoms with E-state index in [1.165, 1.54) is 23.3 Å². The van der Waals surface area contributed by atoms with E-state index >= 15 is 0 Å². The Morgan fingerprint density at radius 3 is 3.00 bits per heavy atom. The van der Waals surface area contributed by atoms with Crippen molar-refractivity contribution in [2.45, 2.75) is 44.2 Å². The van der Waals surface area contributed by atoms with Gasteiger partial charge in [0.05, 0.1) is 24.1 Å². The standard InChI is InChI=1S/C15H19N3O2S/c19-7-9-5-10(20)6-18(9)14-13-11-3-1-2-4-12(11)21-15(13)17-8-16-14/h8-10,19-20H,1-7H2/t9-,10+/m1/s1. The summed E-state index contributed by atoms with van der Waals surface area (Å²) in [7, 11) is 0. The minimum absolute atomic E-state index is 0.0442. The molecule has 0 radical (unpaired) electrons. The molecule has 6 heteroatoms. The van der Waals surface area contributed by atoms with Crippen LogP contribution in [0.25, 0.3) is 10.2 Å². The SMILES string of the molecule is OC[C@H]1C[C@H](O)CN1c1ncnc2sc3c(c12)CCCC3. The van der Waals surface area contributed by atoms with E-state index in [4.69, 9.17) is 0 Å². The van der Waals surface area contributed by atoms with Crippen LogP contribution < -0.4 is 4.90 Å². The third kappa shape index (κ3) is 2.13. The second-order valence-corrected chi connectivity index (χ2v) is 7.05. The van der Waals surface area contributed by atoms with Gasteiger partial charge >= 0.3 is 0 Å². The van der Waals surface area contributed by atoms with Gasteiger partial charge in [-0.2, -0.15) is 0 Å². The quantitative estimate of drug-likeness (QED) is 0.880. The monoisotopic (exact) mass is 305 g/mol. The zero-order valence-electron chi connectivity index (χ0n) is 11.8. The van der Waals surface area contributed by atoms with Crippen molar-refractivity contribution < 1.29 is 10.2 Å². The second-order valence-electron chi connectivity index (χ2n) is 5.97. The molecular weight excluding hydrogens is 286 g/mol. The number of β-amino-alcohol motifs (C(OH)–C–C–N with tert-alkyl or cyclic N) is 1. The lowest BCUT2D eigenvalue weighted by Crippen LogP contribution is -2.33. The molecular formula is C15H19N3O2S. The Balaban J connectivity index is 1.86. The molecule has 0 unspecified atom stereocenters. The number of aliphatic hydroxyl groups excluding tert-OH is 2. The molecule has 0 bridgehead atoms. The zero-order chi connectivity index (χ0) is 14.4.